The van der Waals surface area contributed by atoms with Gasteiger partial charge in [-0.05, 0) is 6.42 Å². The van der Waals surface area contributed by atoms with Gasteiger partial charge < -0.3 is 23.9 Å². The van der Waals surface area contributed by atoms with E-state index in [1.54, 1.807) is 0 Å². The number of hydrogen-bond acceptors (Lipinski definition) is 4. The third-order valence-electron chi connectivity index (χ3n) is 6.71. The summed E-state index contributed by atoms with van der Waals surface area (Å²) in [7, 11) is 6.32. The number of aliphatic hydroxyl groups excluding tert-OH is 2. The molecule has 0 aliphatic rings. The summed E-state index contributed by atoms with van der Waals surface area (Å²) in [6.07, 6.45) is 16.1. The van der Waals surface area contributed by atoms with Crippen LogP contribution in [-0.4, -0.2) is 98.8 Å². The fourth-order valence-electron chi connectivity index (χ4n) is 4.04. The molecular formula is C26H56N2O4+2. The molecule has 0 amide bonds. The molecule has 0 aromatic carbocycles. The van der Waals surface area contributed by atoms with Gasteiger partial charge in [-0.1, -0.05) is 77.6 Å². The maximum atomic E-state index is 12.1. The summed E-state index contributed by atoms with van der Waals surface area (Å²) in [5.74, 6) is -0.0951. The number of hydrogen-bond donors (Lipinski definition) is 2. The van der Waals surface area contributed by atoms with Crippen LogP contribution in [-0.2, 0) is 9.53 Å². The number of aliphatic hydroxyl groups is 2. The van der Waals surface area contributed by atoms with E-state index in [1.807, 2.05) is 0 Å². The zero-order valence-electron chi connectivity index (χ0n) is 22.0. The van der Waals surface area contributed by atoms with Gasteiger partial charge in [0.1, 0.15) is 26.2 Å². The van der Waals surface area contributed by atoms with E-state index in [-0.39, 0.29) is 19.2 Å². The molecule has 0 aromatic heterocycles. The lowest BCUT2D eigenvalue weighted by Crippen LogP contribution is -2.55. The van der Waals surface area contributed by atoms with Gasteiger partial charge in [0.2, 0.25) is 0 Å². The minimum Gasteiger partial charge on any atom is -0.466 e. The van der Waals surface area contributed by atoms with E-state index in [9.17, 15) is 15.0 Å². The largest absolute Gasteiger partial charge is 0.466 e. The number of ether oxygens (including phenoxy) is 1. The minimum atomic E-state index is -0.0951. The first-order valence-corrected chi connectivity index (χ1v) is 13.3. The zero-order chi connectivity index (χ0) is 24.1. The van der Waals surface area contributed by atoms with Gasteiger partial charge in [-0.15, -0.1) is 0 Å². The summed E-state index contributed by atoms with van der Waals surface area (Å²) < 4.78 is 6.82. The molecule has 0 fully saturated rings. The summed E-state index contributed by atoms with van der Waals surface area (Å²) in [6, 6.07) is 0. The Hall–Kier alpha value is -0.690. The van der Waals surface area contributed by atoms with Crippen LogP contribution in [0.3, 0.4) is 0 Å². The summed E-state index contributed by atoms with van der Waals surface area (Å²) in [6.45, 7) is 6.83. The highest BCUT2D eigenvalue weighted by atomic mass is 16.5. The molecule has 0 saturated heterocycles. The van der Waals surface area contributed by atoms with Crippen molar-refractivity contribution in [3.05, 3.63) is 0 Å². The van der Waals surface area contributed by atoms with Gasteiger partial charge in [0.05, 0.1) is 53.9 Å². The van der Waals surface area contributed by atoms with Crippen LogP contribution in [0.5, 0.6) is 0 Å². The third-order valence-corrected chi connectivity index (χ3v) is 6.71. The van der Waals surface area contributed by atoms with Gasteiger partial charge in [0, 0.05) is 0 Å². The second kappa shape index (κ2) is 19.7. The van der Waals surface area contributed by atoms with Crippen molar-refractivity contribution >= 4 is 5.97 Å². The van der Waals surface area contributed by atoms with E-state index in [4.69, 9.17) is 4.74 Å². The molecule has 0 bridgehead atoms. The third kappa shape index (κ3) is 18.8. The highest BCUT2D eigenvalue weighted by Crippen LogP contribution is 2.12. The molecule has 0 aliphatic carbocycles. The number of likely N-dealkylation sites (N-methyl/N-ethyl adjacent to an activating group) is 2. The lowest BCUT2D eigenvalue weighted by atomic mass is 10.1. The van der Waals surface area contributed by atoms with E-state index < -0.39 is 0 Å². The fourth-order valence-corrected chi connectivity index (χ4v) is 4.04. The van der Waals surface area contributed by atoms with Gasteiger partial charge in [-0.2, -0.15) is 0 Å². The Labute approximate surface area is 199 Å². The van der Waals surface area contributed by atoms with Gasteiger partial charge >= 0.3 is 5.97 Å². The first-order valence-electron chi connectivity index (χ1n) is 13.3. The monoisotopic (exact) mass is 460 g/mol. The topological polar surface area (TPSA) is 66.8 Å². The first kappa shape index (κ1) is 31.3. The molecule has 0 heterocycles. The number of unbranched alkanes of at least 4 members (excludes halogenated alkanes) is 11. The highest BCUT2D eigenvalue weighted by Gasteiger charge is 2.26. The normalized spacial score (nSPS) is 12.3. The smallest absolute Gasteiger partial charge is 0.311 e. The number of quaternary nitrogens is 2. The molecule has 2 N–H and O–H groups in total. The second-order valence-electron chi connectivity index (χ2n) is 10.5. The zero-order valence-corrected chi connectivity index (χ0v) is 22.0. The number of carbonyl (C=O) groups is 1. The summed E-state index contributed by atoms with van der Waals surface area (Å²) in [4.78, 5) is 12.1. The lowest BCUT2D eigenvalue weighted by Gasteiger charge is -2.37. The molecule has 0 saturated carbocycles. The molecule has 6 nitrogen and oxygen atoms in total. The van der Waals surface area contributed by atoms with E-state index in [0.29, 0.717) is 30.6 Å². The van der Waals surface area contributed by atoms with Crippen LogP contribution in [0.15, 0.2) is 0 Å². The maximum absolute atomic E-state index is 12.1. The van der Waals surface area contributed by atoms with Crippen molar-refractivity contribution < 1.29 is 28.7 Å². The number of nitrogens with zero attached hydrogens (tertiary/aromatic N) is 2. The van der Waals surface area contributed by atoms with Gasteiger partial charge in [-0.25, -0.2) is 0 Å². The quantitative estimate of drug-likeness (QED) is 0.137. The minimum absolute atomic E-state index is 0.0951. The Morgan fingerprint density at radius 3 is 1.59 bits per heavy atom. The van der Waals surface area contributed by atoms with Crippen LogP contribution in [0.1, 0.15) is 90.4 Å². The number of carbonyl (C=O) groups excluding carboxylic acids is 1. The lowest BCUT2D eigenvalue weighted by molar-refractivity contribution is -0.955. The van der Waals surface area contributed by atoms with Gasteiger partial charge in [-0.3, -0.25) is 4.79 Å². The summed E-state index contributed by atoms with van der Waals surface area (Å²) >= 11 is 0. The van der Waals surface area contributed by atoms with E-state index in [0.717, 1.165) is 37.0 Å². The van der Waals surface area contributed by atoms with Crippen LogP contribution in [0.25, 0.3) is 0 Å². The molecule has 0 radical (unpaired) electrons. The molecule has 0 aromatic rings. The van der Waals surface area contributed by atoms with Crippen molar-refractivity contribution in [2.24, 2.45) is 0 Å². The van der Waals surface area contributed by atoms with E-state index in [2.05, 4.69) is 28.1 Å². The standard InChI is InChI=1S/C26H56N2O4/c1-5-6-7-8-9-10-11-12-13-14-15-16-25-32-26(31)17-18-27(2,3)19-20-28(4,21-23-29)22-24-30/h29-30H,5-25H2,1-4H3/q+2. The molecule has 6 heteroatoms. The average molecular weight is 461 g/mol. The Morgan fingerprint density at radius 1 is 0.656 bits per heavy atom. The van der Waals surface area contributed by atoms with Crippen molar-refractivity contribution in [3.63, 3.8) is 0 Å². The van der Waals surface area contributed by atoms with Crippen LogP contribution in [0.2, 0.25) is 0 Å². The van der Waals surface area contributed by atoms with E-state index >= 15 is 0 Å². The second-order valence-corrected chi connectivity index (χ2v) is 10.5. The molecular weight excluding hydrogens is 404 g/mol. The predicted molar refractivity (Wildman–Crippen MR) is 133 cm³/mol. The predicted octanol–water partition coefficient (Wildman–Crippen LogP) is 4.13. The van der Waals surface area contributed by atoms with Crippen molar-refractivity contribution in [2.45, 2.75) is 90.4 Å². The molecule has 0 spiro atoms. The highest BCUT2D eigenvalue weighted by molar-refractivity contribution is 5.69. The molecule has 0 aliphatic heterocycles. The molecule has 0 atom stereocenters. The van der Waals surface area contributed by atoms with Crippen LogP contribution in [0.4, 0.5) is 0 Å². The molecule has 0 rings (SSSR count). The van der Waals surface area contributed by atoms with Gasteiger partial charge in [0.15, 0.2) is 0 Å². The fraction of sp³-hybridized carbons (Fsp3) is 0.962. The summed E-state index contributed by atoms with van der Waals surface area (Å²) in [5, 5.41) is 18.6. The molecule has 0 unspecified atom stereocenters. The Morgan fingerprint density at radius 2 is 1.12 bits per heavy atom. The molecule has 192 valence electrons. The average Bonchev–Trinajstić information content (AvgIpc) is 2.75. The Kier molecular flexibility index (Phi) is 19.3. The van der Waals surface area contributed by atoms with Crippen molar-refractivity contribution in [1.29, 1.82) is 0 Å². The van der Waals surface area contributed by atoms with Crippen LogP contribution in [0, 0.1) is 0 Å². The van der Waals surface area contributed by atoms with Crippen molar-refractivity contribution in [2.75, 3.05) is 73.7 Å². The van der Waals surface area contributed by atoms with Crippen LogP contribution >= 0.6 is 0 Å². The van der Waals surface area contributed by atoms with Crippen molar-refractivity contribution in [3.8, 4) is 0 Å². The van der Waals surface area contributed by atoms with Crippen LogP contribution < -0.4 is 0 Å². The number of rotatable bonds is 23. The van der Waals surface area contributed by atoms with E-state index in [1.165, 1.54) is 64.2 Å². The Balaban J connectivity index is 3.71. The summed E-state index contributed by atoms with van der Waals surface area (Å²) in [5.41, 5.74) is 0. The number of esters is 1. The maximum Gasteiger partial charge on any atom is 0.311 e. The van der Waals surface area contributed by atoms with Gasteiger partial charge in [0.25, 0.3) is 0 Å². The van der Waals surface area contributed by atoms with Crippen molar-refractivity contribution in [1.82, 2.24) is 0 Å². The first-order chi connectivity index (χ1) is 15.3. The molecule has 32 heavy (non-hydrogen) atoms. The Bertz CT molecular complexity index is 438. The SMILES string of the molecule is CCCCCCCCCCCCCCOC(=O)CC[N+](C)(C)CC[N+](C)(CCO)CCO.